The van der Waals surface area contributed by atoms with Gasteiger partial charge >= 0.3 is 0 Å². The van der Waals surface area contributed by atoms with Crippen LogP contribution in [0.15, 0.2) is 46.3 Å². The molecule has 0 saturated carbocycles. The lowest BCUT2D eigenvalue weighted by Gasteiger charge is -2.07. The Morgan fingerprint density at radius 1 is 1.46 bits per heavy atom. The van der Waals surface area contributed by atoms with Crippen LogP contribution in [0, 0.1) is 6.92 Å². The quantitative estimate of drug-likeness (QED) is 0.559. The van der Waals surface area contributed by atoms with Crippen molar-refractivity contribution in [2.24, 2.45) is 10.7 Å². The van der Waals surface area contributed by atoms with Gasteiger partial charge in [0.2, 0.25) is 0 Å². The summed E-state index contributed by atoms with van der Waals surface area (Å²) >= 11 is 0. The topological polar surface area (TPSA) is 103 Å². The number of nitrogens with two attached hydrogens (primary N) is 1. The molecule has 7 nitrogen and oxygen atoms in total. The molecule has 0 saturated heterocycles. The Balaban J connectivity index is 2.01. The number of carbonyl (C=O) groups is 1. The highest BCUT2D eigenvalue weighted by atomic mass is 16.5. The summed E-state index contributed by atoms with van der Waals surface area (Å²) in [5.41, 5.74) is 8.24. The van der Waals surface area contributed by atoms with Crippen molar-refractivity contribution in [3.05, 3.63) is 48.1 Å². The fourth-order valence-electron chi connectivity index (χ4n) is 2.57. The summed E-state index contributed by atoms with van der Waals surface area (Å²) in [4.78, 5) is 20.6. The summed E-state index contributed by atoms with van der Waals surface area (Å²) in [6, 6.07) is 5.58. The molecular weight excluding hydrogens is 332 g/mol. The van der Waals surface area contributed by atoms with Crippen LogP contribution >= 0.6 is 0 Å². The average molecular weight is 356 g/mol. The van der Waals surface area contributed by atoms with Crippen molar-refractivity contribution >= 4 is 11.6 Å². The SMILES string of the molecule is CN=C(/C=C\N)CCCNC(=O)c1ncoc1-c1ccc(OC)c(C)c1. The van der Waals surface area contributed by atoms with Gasteiger partial charge in [-0.2, -0.15) is 0 Å². The van der Waals surface area contributed by atoms with Gasteiger partial charge in [-0.25, -0.2) is 4.98 Å². The Labute approximate surface area is 153 Å². The van der Waals surface area contributed by atoms with Gasteiger partial charge in [0.25, 0.3) is 5.91 Å². The fraction of sp³-hybridized carbons (Fsp3) is 0.316. The van der Waals surface area contributed by atoms with E-state index in [2.05, 4.69) is 15.3 Å². The molecule has 138 valence electrons. The Morgan fingerprint density at radius 3 is 2.92 bits per heavy atom. The summed E-state index contributed by atoms with van der Waals surface area (Å²) in [7, 11) is 3.33. The van der Waals surface area contributed by atoms with Crippen molar-refractivity contribution in [2.45, 2.75) is 19.8 Å². The number of carbonyl (C=O) groups excluding carboxylic acids is 1. The van der Waals surface area contributed by atoms with Gasteiger partial charge in [-0.1, -0.05) is 0 Å². The van der Waals surface area contributed by atoms with Crippen LogP contribution in [0.3, 0.4) is 0 Å². The van der Waals surface area contributed by atoms with Gasteiger partial charge < -0.3 is 20.2 Å². The Kier molecular flexibility index (Phi) is 6.96. The molecule has 3 N–H and O–H groups in total. The monoisotopic (exact) mass is 356 g/mol. The van der Waals surface area contributed by atoms with E-state index in [1.54, 1.807) is 20.2 Å². The standard InChI is InChI=1S/C19H24N4O3/c1-13-11-14(6-7-16(13)25-3)18-17(23-12-26-18)19(24)22-10-4-5-15(21-2)8-9-20/h6-9,11-12H,4-5,10,20H2,1-3H3,(H,22,24)/b9-8-,21-15?. The van der Waals surface area contributed by atoms with Gasteiger partial charge in [-0.3, -0.25) is 9.79 Å². The van der Waals surface area contributed by atoms with Crippen LogP contribution < -0.4 is 15.8 Å². The Bertz CT molecular complexity index is 809. The number of methoxy groups -OCH3 is 1. The first kappa shape index (κ1) is 19.2. The predicted molar refractivity (Wildman–Crippen MR) is 101 cm³/mol. The van der Waals surface area contributed by atoms with Crippen LogP contribution in [-0.2, 0) is 0 Å². The highest BCUT2D eigenvalue weighted by molar-refractivity contribution is 5.98. The van der Waals surface area contributed by atoms with E-state index in [0.29, 0.717) is 12.3 Å². The van der Waals surface area contributed by atoms with Crippen LogP contribution in [0.2, 0.25) is 0 Å². The first-order valence-corrected chi connectivity index (χ1v) is 8.31. The van der Waals surface area contributed by atoms with Gasteiger partial charge in [0.15, 0.2) is 17.8 Å². The number of aryl methyl sites for hydroxylation is 1. The predicted octanol–water partition coefficient (Wildman–Crippen LogP) is 2.71. The largest absolute Gasteiger partial charge is 0.496 e. The number of amides is 1. The second kappa shape index (κ2) is 9.41. The molecule has 0 unspecified atom stereocenters. The first-order chi connectivity index (χ1) is 12.6. The maximum atomic E-state index is 12.4. The molecule has 1 aromatic carbocycles. The molecule has 0 aliphatic carbocycles. The highest BCUT2D eigenvalue weighted by Crippen LogP contribution is 2.28. The van der Waals surface area contributed by atoms with E-state index >= 15 is 0 Å². The lowest BCUT2D eigenvalue weighted by atomic mass is 10.1. The molecular formula is C19H24N4O3. The number of ether oxygens (including phenoxy) is 1. The number of hydrogen-bond donors (Lipinski definition) is 2. The number of nitrogens with zero attached hydrogens (tertiary/aromatic N) is 2. The third-order valence-electron chi connectivity index (χ3n) is 3.91. The normalized spacial score (nSPS) is 11.7. The van der Waals surface area contributed by atoms with Gasteiger partial charge in [0, 0.05) is 24.9 Å². The second-order valence-electron chi connectivity index (χ2n) is 5.65. The van der Waals surface area contributed by atoms with E-state index < -0.39 is 0 Å². The van der Waals surface area contributed by atoms with Gasteiger partial charge in [-0.05, 0) is 55.8 Å². The van der Waals surface area contributed by atoms with E-state index in [-0.39, 0.29) is 11.6 Å². The lowest BCUT2D eigenvalue weighted by Crippen LogP contribution is -2.25. The summed E-state index contributed by atoms with van der Waals surface area (Å²) in [6.45, 7) is 2.44. The molecule has 1 aromatic heterocycles. The van der Waals surface area contributed by atoms with Crippen LogP contribution in [-0.4, -0.2) is 37.3 Å². The van der Waals surface area contributed by atoms with E-state index in [4.69, 9.17) is 14.9 Å². The first-order valence-electron chi connectivity index (χ1n) is 8.31. The van der Waals surface area contributed by atoms with Gasteiger partial charge in [0.1, 0.15) is 5.75 Å². The average Bonchev–Trinajstić information content (AvgIpc) is 3.13. The molecule has 2 rings (SSSR count). The zero-order chi connectivity index (χ0) is 18.9. The summed E-state index contributed by atoms with van der Waals surface area (Å²) in [5, 5.41) is 2.86. The molecule has 0 aliphatic rings. The van der Waals surface area contributed by atoms with E-state index in [0.717, 1.165) is 35.4 Å². The molecule has 7 heteroatoms. The minimum Gasteiger partial charge on any atom is -0.496 e. The molecule has 0 spiro atoms. The lowest BCUT2D eigenvalue weighted by molar-refractivity contribution is 0.0949. The highest BCUT2D eigenvalue weighted by Gasteiger charge is 2.18. The number of hydrogen-bond acceptors (Lipinski definition) is 6. The minimum atomic E-state index is -0.272. The molecule has 26 heavy (non-hydrogen) atoms. The smallest absolute Gasteiger partial charge is 0.273 e. The second-order valence-corrected chi connectivity index (χ2v) is 5.65. The van der Waals surface area contributed by atoms with Gasteiger partial charge in [0.05, 0.1) is 7.11 Å². The molecule has 0 fully saturated rings. The number of allylic oxidation sites excluding steroid dienone is 1. The fourth-order valence-corrected chi connectivity index (χ4v) is 2.57. The zero-order valence-corrected chi connectivity index (χ0v) is 15.3. The molecule has 0 aliphatic heterocycles. The van der Waals surface area contributed by atoms with Crippen molar-refractivity contribution in [1.29, 1.82) is 0 Å². The third-order valence-corrected chi connectivity index (χ3v) is 3.91. The van der Waals surface area contributed by atoms with E-state index in [9.17, 15) is 4.79 Å². The maximum absolute atomic E-state index is 12.4. The van der Waals surface area contributed by atoms with Crippen LogP contribution in [0.25, 0.3) is 11.3 Å². The third kappa shape index (κ3) is 4.72. The van der Waals surface area contributed by atoms with Crippen LogP contribution in [0.4, 0.5) is 0 Å². The van der Waals surface area contributed by atoms with Gasteiger partial charge in [-0.15, -0.1) is 0 Å². The van der Waals surface area contributed by atoms with E-state index in [1.165, 1.54) is 12.6 Å². The molecule has 1 amide bonds. The molecule has 0 radical (unpaired) electrons. The number of aromatic nitrogens is 1. The number of benzene rings is 1. The number of oxazole rings is 1. The van der Waals surface area contributed by atoms with Crippen molar-refractivity contribution in [2.75, 3.05) is 20.7 Å². The van der Waals surface area contributed by atoms with Crippen LogP contribution in [0.1, 0.15) is 28.9 Å². The van der Waals surface area contributed by atoms with Crippen molar-refractivity contribution in [3.63, 3.8) is 0 Å². The molecule has 2 aromatic rings. The minimum absolute atomic E-state index is 0.265. The Morgan fingerprint density at radius 2 is 2.27 bits per heavy atom. The molecule has 1 heterocycles. The van der Waals surface area contributed by atoms with Crippen LogP contribution in [0.5, 0.6) is 5.75 Å². The Hall–Kier alpha value is -3.09. The van der Waals surface area contributed by atoms with E-state index in [1.807, 2.05) is 25.1 Å². The van der Waals surface area contributed by atoms with Crippen molar-refractivity contribution in [3.8, 4) is 17.1 Å². The summed E-state index contributed by atoms with van der Waals surface area (Å²) in [5.74, 6) is 0.945. The van der Waals surface area contributed by atoms with Crippen molar-refractivity contribution < 1.29 is 13.9 Å². The number of nitrogens with one attached hydrogen (secondary N) is 1. The number of aliphatic imine (C=N–C) groups is 1. The summed E-state index contributed by atoms with van der Waals surface area (Å²) < 4.78 is 10.7. The molecule has 0 atom stereocenters. The summed E-state index contributed by atoms with van der Waals surface area (Å²) in [6.07, 6.45) is 5.96. The molecule has 0 bridgehead atoms. The maximum Gasteiger partial charge on any atom is 0.273 e. The zero-order valence-electron chi connectivity index (χ0n) is 15.3. The number of rotatable bonds is 8. The van der Waals surface area contributed by atoms with Crippen molar-refractivity contribution in [1.82, 2.24) is 10.3 Å².